The maximum atomic E-state index is 12.7. The number of carbonyl (C=O) groups is 1. The van der Waals surface area contributed by atoms with Gasteiger partial charge in [0.25, 0.3) is 5.91 Å². The van der Waals surface area contributed by atoms with Crippen LogP contribution in [0.25, 0.3) is 10.2 Å². The highest BCUT2D eigenvalue weighted by Crippen LogP contribution is 2.29. The lowest BCUT2D eigenvalue weighted by Crippen LogP contribution is -2.44. The SMILES string of the molecule is Cc1nn(C)c2sc(C(=O)N3CCCC(C(C)N)C3)cc12. The van der Waals surface area contributed by atoms with Crippen LogP contribution in [0.3, 0.4) is 0 Å². The first kappa shape index (κ1) is 14.5. The first-order valence-electron chi connectivity index (χ1n) is 7.45. The van der Waals surface area contributed by atoms with Gasteiger partial charge in [-0.15, -0.1) is 11.3 Å². The summed E-state index contributed by atoms with van der Waals surface area (Å²) < 4.78 is 1.85. The van der Waals surface area contributed by atoms with E-state index in [9.17, 15) is 4.79 Å². The maximum absolute atomic E-state index is 12.7. The number of piperidine rings is 1. The second-order valence-electron chi connectivity index (χ2n) is 6.05. The van der Waals surface area contributed by atoms with Crippen molar-refractivity contribution in [3.05, 3.63) is 16.6 Å². The molecule has 114 valence electrons. The lowest BCUT2D eigenvalue weighted by molar-refractivity contribution is 0.0666. The summed E-state index contributed by atoms with van der Waals surface area (Å²) in [6.45, 7) is 5.64. The van der Waals surface area contributed by atoms with Crippen molar-refractivity contribution in [2.45, 2.75) is 32.7 Å². The Balaban J connectivity index is 1.84. The van der Waals surface area contributed by atoms with Crippen LogP contribution < -0.4 is 5.73 Å². The molecule has 0 saturated carbocycles. The summed E-state index contributed by atoms with van der Waals surface area (Å²) in [4.78, 5) is 16.6. The van der Waals surface area contributed by atoms with Gasteiger partial charge in [0, 0.05) is 31.6 Å². The molecule has 21 heavy (non-hydrogen) atoms. The molecule has 0 aromatic carbocycles. The fourth-order valence-corrected chi connectivity index (χ4v) is 4.18. The topological polar surface area (TPSA) is 64.2 Å². The fourth-order valence-electron chi connectivity index (χ4n) is 3.09. The molecule has 1 aliphatic heterocycles. The molecule has 2 aromatic heterocycles. The standard InChI is InChI=1S/C15H22N4OS/c1-9(16)11-5-4-6-19(8-11)14(20)13-7-12-10(2)17-18(3)15(12)21-13/h7,9,11H,4-6,8,16H2,1-3H3. The number of rotatable bonds is 2. The van der Waals surface area contributed by atoms with Crippen LogP contribution in [0.15, 0.2) is 6.07 Å². The molecule has 1 amide bonds. The molecule has 6 heteroatoms. The number of hydrogen-bond donors (Lipinski definition) is 1. The van der Waals surface area contributed by atoms with E-state index >= 15 is 0 Å². The Bertz CT molecular complexity index is 638. The molecule has 2 atom stereocenters. The monoisotopic (exact) mass is 306 g/mol. The molecular weight excluding hydrogens is 284 g/mol. The molecular formula is C15H22N4OS. The molecule has 3 rings (SSSR count). The molecule has 0 aliphatic carbocycles. The molecule has 5 nitrogen and oxygen atoms in total. The Kier molecular flexibility index (Phi) is 3.75. The predicted octanol–water partition coefficient (Wildman–Crippen LogP) is 2.14. The highest BCUT2D eigenvalue weighted by atomic mass is 32.1. The zero-order valence-electron chi connectivity index (χ0n) is 12.8. The van der Waals surface area contributed by atoms with E-state index in [2.05, 4.69) is 5.10 Å². The Morgan fingerprint density at radius 1 is 1.57 bits per heavy atom. The van der Waals surface area contributed by atoms with Crippen LogP contribution in [0.2, 0.25) is 0 Å². The first-order chi connectivity index (χ1) is 9.97. The normalized spacial score (nSPS) is 21.0. The van der Waals surface area contributed by atoms with Crippen molar-refractivity contribution in [3.63, 3.8) is 0 Å². The Hall–Kier alpha value is -1.40. The van der Waals surface area contributed by atoms with Crippen molar-refractivity contribution < 1.29 is 4.79 Å². The average molecular weight is 306 g/mol. The summed E-state index contributed by atoms with van der Waals surface area (Å²) in [7, 11) is 1.92. The molecule has 0 spiro atoms. The van der Waals surface area contributed by atoms with E-state index in [1.165, 1.54) is 11.3 Å². The van der Waals surface area contributed by atoms with E-state index in [0.29, 0.717) is 5.92 Å². The highest BCUT2D eigenvalue weighted by molar-refractivity contribution is 7.20. The lowest BCUT2D eigenvalue weighted by Gasteiger charge is -2.34. The van der Waals surface area contributed by atoms with Gasteiger partial charge >= 0.3 is 0 Å². The number of thiophene rings is 1. The summed E-state index contributed by atoms with van der Waals surface area (Å²) in [5.74, 6) is 0.557. The number of aryl methyl sites for hydroxylation is 2. The van der Waals surface area contributed by atoms with Crippen molar-refractivity contribution in [3.8, 4) is 0 Å². The predicted molar refractivity (Wildman–Crippen MR) is 85.6 cm³/mol. The Morgan fingerprint density at radius 3 is 3.00 bits per heavy atom. The number of nitrogens with zero attached hydrogens (tertiary/aromatic N) is 3. The van der Waals surface area contributed by atoms with Gasteiger partial charge in [-0.2, -0.15) is 5.10 Å². The number of fused-ring (bicyclic) bond motifs is 1. The van der Waals surface area contributed by atoms with Gasteiger partial charge in [0.2, 0.25) is 0 Å². The third kappa shape index (κ3) is 2.58. The molecule has 2 aromatic rings. The number of nitrogens with two attached hydrogens (primary N) is 1. The molecule has 0 radical (unpaired) electrons. The van der Waals surface area contributed by atoms with Gasteiger partial charge in [-0.3, -0.25) is 9.48 Å². The van der Waals surface area contributed by atoms with Crippen molar-refractivity contribution in [2.75, 3.05) is 13.1 Å². The van der Waals surface area contributed by atoms with E-state index in [1.807, 2.05) is 36.5 Å². The zero-order valence-corrected chi connectivity index (χ0v) is 13.6. The minimum absolute atomic E-state index is 0.140. The minimum atomic E-state index is 0.140. The summed E-state index contributed by atoms with van der Waals surface area (Å²) in [5, 5.41) is 5.47. The molecule has 1 aliphatic rings. The zero-order chi connectivity index (χ0) is 15.1. The highest BCUT2D eigenvalue weighted by Gasteiger charge is 2.27. The van der Waals surface area contributed by atoms with Gasteiger partial charge < -0.3 is 10.6 Å². The number of likely N-dealkylation sites (tertiary alicyclic amines) is 1. The van der Waals surface area contributed by atoms with Gasteiger partial charge in [-0.1, -0.05) is 0 Å². The smallest absolute Gasteiger partial charge is 0.264 e. The van der Waals surface area contributed by atoms with Crippen molar-refractivity contribution in [1.29, 1.82) is 0 Å². The second kappa shape index (κ2) is 5.42. The van der Waals surface area contributed by atoms with E-state index in [4.69, 9.17) is 5.73 Å². The van der Waals surface area contributed by atoms with Crippen LogP contribution >= 0.6 is 11.3 Å². The van der Waals surface area contributed by atoms with Gasteiger partial charge in [-0.25, -0.2) is 0 Å². The Morgan fingerprint density at radius 2 is 2.33 bits per heavy atom. The van der Waals surface area contributed by atoms with Crippen LogP contribution in [-0.4, -0.2) is 39.7 Å². The number of amides is 1. The third-order valence-electron chi connectivity index (χ3n) is 4.40. The van der Waals surface area contributed by atoms with E-state index < -0.39 is 0 Å². The average Bonchev–Trinajstić information content (AvgIpc) is 3.01. The molecule has 0 bridgehead atoms. The van der Waals surface area contributed by atoms with E-state index in [1.54, 1.807) is 0 Å². The Labute approximate surface area is 128 Å². The quantitative estimate of drug-likeness (QED) is 0.924. The molecule has 1 saturated heterocycles. The van der Waals surface area contributed by atoms with Gasteiger partial charge in [0.05, 0.1) is 10.6 Å². The summed E-state index contributed by atoms with van der Waals surface area (Å²) in [5.41, 5.74) is 6.99. The van der Waals surface area contributed by atoms with E-state index in [0.717, 1.165) is 46.7 Å². The molecule has 2 unspecified atom stereocenters. The maximum Gasteiger partial charge on any atom is 0.264 e. The van der Waals surface area contributed by atoms with Crippen molar-refractivity contribution in [2.24, 2.45) is 18.7 Å². The van der Waals surface area contributed by atoms with Crippen LogP contribution in [-0.2, 0) is 7.05 Å². The molecule has 1 fully saturated rings. The van der Waals surface area contributed by atoms with Crippen molar-refractivity contribution in [1.82, 2.24) is 14.7 Å². The van der Waals surface area contributed by atoms with Gasteiger partial charge in [0.1, 0.15) is 4.83 Å². The van der Waals surface area contributed by atoms with Crippen LogP contribution in [0, 0.1) is 12.8 Å². The van der Waals surface area contributed by atoms with Gasteiger partial charge in [-0.05, 0) is 38.7 Å². The second-order valence-corrected chi connectivity index (χ2v) is 7.08. The summed E-state index contributed by atoms with van der Waals surface area (Å²) in [6.07, 6.45) is 2.17. The molecule has 3 heterocycles. The van der Waals surface area contributed by atoms with E-state index in [-0.39, 0.29) is 11.9 Å². The lowest BCUT2D eigenvalue weighted by atomic mass is 9.92. The summed E-state index contributed by atoms with van der Waals surface area (Å²) in [6, 6.07) is 2.13. The fraction of sp³-hybridized carbons (Fsp3) is 0.600. The number of hydrogen-bond acceptors (Lipinski definition) is 4. The van der Waals surface area contributed by atoms with Crippen LogP contribution in [0.1, 0.15) is 35.1 Å². The van der Waals surface area contributed by atoms with Crippen LogP contribution in [0.5, 0.6) is 0 Å². The first-order valence-corrected chi connectivity index (χ1v) is 8.27. The third-order valence-corrected chi connectivity index (χ3v) is 5.59. The number of aromatic nitrogens is 2. The molecule has 2 N–H and O–H groups in total. The van der Waals surface area contributed by atoms with Gasteiger partial charge in [0.15, 0.2) is 0 Å². The minimum Gasteiger partial charge on any atom is -0.338 e. The van der Waals surface area contributed by atoms with Crippen LogP contribution in [0.4, 0.5) is 0 Å². The largest absolute Gasteiger partial charge is 0.338 e. The summed E-state index contributed by atoms with van der Waals surface area (Å²) >= 11 is 1.53. The number of carbonyl (C=O) groups excluding carboxylic acids is 1. The van der Waals surface area contributed by atoms with Crippen molar-refractivity contribution >= 4 is 27.5 Å².